The highest BCUT2D eigenvalue weighted by Gasteiger charge is 2.21. The third-order valence-corrected chi connectivity index (χ3v) is 3.22. The Kier molecular flexibility index (Phi) is 4.16. The molecule has 0 aromatic heterocycles. The summed E-state index contributed by atoms with van der Waals surface area (Å²) in [6.07, 6.45) is 0. The number of piperazine rings is 1. The summed E-state index contributed by atoms with van der Waals surface area (Å²) in [5.41, 5.74) is 2.88. The van der Waals surface area contributed by atoms with Gasteiger partial charge in [0.15, 0.2) is 0 Å². The summed E-state index contributed by atoms with van der Waals surface area (Å²) < 4.78 is 0. The van der Waals surface area contributed by atoms with E-state index in [1.165, 1.54) is 18.2 Å². The normalized spacial score (nSPS) is 16.9. The lowest BCUT2D eigenvalue weighted by atomic mass is 10.1. The number of carboxylic acid groups (broad SMARTS) is 1. The number of hydrogen-bond acceptors (Lipinski definition) is 6. The molecule has 108 valence electrons. The number of hydrazine groups is 1. The highest BCUT2D eigenvalue weighted by atomic mass is 16.6. The predicted octanol–water partition coefficient (Wildman–Crippen LogP) is 0.867. The van der Waals surface area contributed by atoms with Crippen LogP contribution in [0, 0.1) is 10.1 Å². The fraction of sp³-hybridized carbons (Fsp3) is 0.417. The molecule has 2 N–H and O–H groups in total. The smallest absolute Gasteiger partial charge is 0.342 e. The number of aromatic carboxylic acids is 1. The fourth-order valence-electron chi connectivity index (χ4n) is 2.03. The molecule has 1 heterocycles. The molecule has 1 aromatic rings. The van der Waals surface area contributed by atoms with Crippen LogP contribution in [0.3, 0.4) is 0 Å². The number of carbonyl (C=O) groups is 1. The lowest BCUT2D eigenvalue weighted by Crippen LogP contribution is -2.46. The van der Waals surface area contributed by atoms with Gasteiger partial charge in [-0.2, -0.15) is 0 Å². The number of nitro groups is 1. The number of hydrogen-bond donors (Lipinski definition) is 2. The Balaban J connectivity index is 2.15. The van der Waals surface area contributed by atoms with Crippen molar-refractivity contribution in [3.8, 4) is 0 Å². The Morgan fingerprint density at radius 2 is 2.00 bits per heavy atom. The van der Waals surface area contributed by atoms with Crippen LogP contribution in [0.5, 0.6) is 0 Å². The van der Waals surface area contributed by atoms with Crippen molar-refractivity contribution in [3.63, 3.8) is 0 Å². The predicted molar refractivity (Wildman–Crippen MR) is 72.7 cm³/mol. The van der Waals surface area contributed by atoms with Crippen molar-refractivity contribution in [1.82, 2.24) is 9.91 Å². The summed E-state index contributed by atoms with van der Waals surface area (Å²) in [5, 5.41) is 21.8. The standard InChI is InChI=1S/C12H16N4O4/c1-14-4-6-15(7-5-14)13-9-2-3-10(12(17)18)11(8-9)16(19)20/h2-3,8,13H,4-7H2,1H3,(H,17,18). The fourth-order valence-corrected chi connectivity index (χ4v) is 2.03. The highest BCUT2D eigenvalue weighted by molar-refractivity contribution is 5.93. The molecular formula is C12H16N4O4. The van der Waals surface area contributed by atoms with Gasteiger partial charge in [-0.25, -0.2) is 9.80 Å². The van der Waals surface area contributed by atoms with Crippen LogP contribution in [0.1, 0.15) is 10.4 Å². The van der Waals surface area contributed by atoms with Gasteiger partial charge in [-0.3, -0.25) is 10.1 Å². The molecule has 0 bridgehead atoms. The molecule has 0 aliphatic carbocycles. The van der Waals surface area contributed by atoms with Gasteiger partial charge in [-0.1, -0.05) is 0 Å². The van der Waals surface area contributed by atoms with Gasteiger partial charge in [-0.15, -0.1) is 0 Å². The quantitative estimate of drug-likeness (QED) is 0.623. The summed E-state index contributed by atoms with van der Waals surface area (Å²) >= 11 is 0. The molecule has 0 radical (unpaired) electrons. The largest absolute Gasteiger partial charge is 0.477 e. The summed E-state index contributed by atoms with van der Waals surface area (Å²) in [6, 6.07) is 4.04. The molecule has 0 saturated carbocycles. The van der Waals surface area contributed by atoms with E-state index in [9.17, 15) is 14.9 Å². The van der Waals surface area contributed by atoms with E-state index in [-0.39, 0.29) is 5.56 Å². The average Bonchev–Trinajstić information content (AvgIpc) is 2.41. The van der Waals surface area contributed by atoms with E-state index in [4.69, 9.17) is 5.11 Å². The number of carboxylic acids is 1. The van der Waals surface area contributed by atoms with Crippen molar-refractivity contribution >= 4 is 17.3 Å². The van der Waals surface area contributed by atoms with E-state index >= 15 is 0 Å². The van der Waals surface area contributed by atoms with E-state index in [0.717, 1.165) is 26.2 Å². The van der Waals surface area contributed by atoms with Gasteiger partial charge < -0.3 is 15.4 Å². The molecule has 8 heteroatoms. The van der Waals surface area contributed by atoms with E-state index in [1.807, 2.05) is 12.1 Å². The first-order valence-electron chi connectivity index (χ1n) is 6.19. The number of nitrogens with one attached hydrogen (secondary N) is 1. The zero-order valence-electron chi connectivity index (χ0n) is 11.1. The second kappa shape index (κ2) is 5.85. The molecule has 1 fully saturated rings. The molecule has 20 heavy (non-hydrogen) atoms. The van der Waals surface area contributed by atoms with Crippen molar-refractivity contribution in [3.05, 3.63) is 33.9 Å². The van der Waals surface area contributed by atoms with Crippen LogP contribution in [0.4, 0.5) is 11.4 Å². The van der Waals surface area contributed by atoms with Crippen LogP contribution in [-0.2, 0) is 0 Å². The van der Waals surface area contributed by atoms with E-state index in [1.54, 1.807) is 0 Å². The SMILES string of the molecule is CN1CCN(Nc2ccc(C(=O)O)c([N+](=O)[O-])c2)CC1. The van der Waals surface area contributed by atoms with Crippen molar-refractivity contribution in [2.75, 3.05) is 38.7 Å². The minimum atomic E-state index is -1.30. The first-order chi connectivity index (χ1) is 9.47. The van der Waals surface area contributed by atoms with Crippen molar-refractivity contribution in [2.24, 2.45) is 0 Å². The Labute approximate surface area is 115 Å². The maximum Gasteiger partial charge on any atom is 0.342 e. The first-order valence-corrected chi connectivity index (χ1v) is 6.19. The summed E-state index contributed by atoms with van der Waals surface area (Å²) in [5.74, 6) is -1.30. The maximum atomic E-state index is 10.9. The lowest BCUT2D eigenvalue weighted by molar-refractivity contribution is -0.385. The van der Waals surface area contributed by atoms with Gasteiger partial charge in [0.1, 0.15) is 5.56 Å². The third kappa shape index (κ3) is 3.22. The zero-order valence-corrected chi connectivity index (χ0v) is 11.1. The zero-order chi connectivity index (χ0) is 14.7. The summed E-state index contributed by atoms with van der Waals surface area (Å²) in [6.45, 7) is 3.40. The minimum Gasteiger partial charge on any atom is -0.477 e. The number of nitrogens with zero attached hydrogens (tertiary/aromatic N) is 3. The second-order valence-electron chi connectivity index (χ2n) is 4.70. The molecular weight excluding hydrogens is 264 g/mol. The van der Waals surface area contributed by atoms with E-state index < -0.39 is 16.6 Å². The third-order valence-electron chi connectivity index (χ3n) is 3.22. The van der Waals surface area contributed by atoms with Crippen molar-refractivity contribution < 1.29 is 14.8 Å². The van der Waals surface area contributed by atoms with Gasteiger partial charge >= 0.3 is 5.97 Å². The summed E-state index contributed by atoms with van der Waals surface area (Å²) in [4.78, 5) is 23.3. The Bertz CT molecular complexity index is 526. The number of benzene rings is 1. The monoisotopic (exact) mass is 280 g/mol. The second-order valence-corrected chi connectivity index (χ2v) is 4.70. The molecule has 1 aliphatic rings. The molecule has 0 atom stereocenters. The van der Waals surface area contributed by atoms with Crippen LogP contribution < -0.4 is 5.43 Å². The van der Waals surface area contributed by atoms with Crippen molar-refractivity contribution in [1.29, 1.82) is 0 Å². The van der Waals surface area contributed by atoms with Gasteiger partial charge in [0.2, 0.25) is 0 Å². The molecule has 0 unspecified atom stereocenters. The molecule has 0 spiro atoms. The van der Waals surface area contributed by atoms with E-state index in [2.05, 4.69) is 10.3 Å². The minimum absolute atomic E-state index is 0.307. The average molecular weight is 280 g/mol. The van der Waals surface area contributed by atoms with Crippen LogP contribution in [-0.4, -0.2) is 59.1 Å². The van der Waals surface area contributed by atoms with Gasteiger partial charge in [0, 0.05) is 32.2 Å². The first kappa shape index (κ1) is 14.2. The Morgan fingerprint density at radius 1 is 1.35 bits per heavy atom. The molecule has 1 aromatic carbocycles. The van der Waals surface area contributed by atoms with E-state index in [0.29, 0.717) is 5.69 Å². The molecule has 8 nitrogen and oxygen atoms in total. The number of likely N-dealkylation sites (N-methyl/N-ethyl adjacent to an activating group) is 1. The van der Waals surface area contributed by atoms with Gasteiger partial charge in [0.25, 0.3) is 5.69 Å². The topological polar surface area (TPSA) is 99.0 Å². The van der Waals surface area contributed by atoms with Gasteiger partial charge in [-0.05, 0) is 19.2 Å². The maximum absolute atomic E-state index is 10.9. The summed E-state index contributed by atoms with van der Waals surface area (Å²) in [7, 11) is 2.03. The molecule has 1 aliphatic heterocycles. The van der Waals surface area contributed by atoms with Crippen LogP contribution in [0.15, 0.2) is 18.2 Å². The number of rotatable bonds is 4. The molecule has 0 amide bonds. The highest BCUT2D eigenvalue weighted by Crippen LogP contribution is 2.23. The van der Waals surface area contributed by atoms with Crippen molar-refractivity contribution in [2.45, 2.75) is 0 Å². The number of nitro benzene ring substituents is 1. The van der Waals surface area contributed by atoms with Crippen LogP contribution in [0.2, 0.25) is 0 Å². The van der Waals surface area contributed by atoms with Crippen LogP contribution >= 0.6 is 0 Å². The van der Waals surface area contributed by atoms with Gasteiger partial charge in [0.05, 0.1) is 10.6 Å². The lowest BCUT2D eigenvalue weighted by Gasteiger charge is -2.33. The number of anilines is 1. The molecule has 1 saturated heterocycles. The van der Waals surface area contributed by atoms with Crippen LogP contribution in [0.25, 0.3) is 0 Å². The molecule has 2 rings (SSSR count). The Hall–Kier alpha value is -2.19. The Morgan fingerprint density at radius 3 is 2.55 bits per heavy atom.